The minimum Gasteiger partial charge on any atom is -0.434 e. The fourth-order valence-electron chi connectivity index (χ4n) is 4.16. The van der Waals surface area contributed by atoms with Gasteiger partial charge in [0.1, 0.15) is 5.75 Å². The highest BCUT2D eigenvalue weighted by molar-refractivity contribution is 5.91. The number of anilines is 1. The van der Waals surface area contributed by atoms with Gasteiger partial charge in [-0.05, 0) is 48.4 Å². The molecule has 3 aromatic carbocycles. The standard InChI is InChI=1S/C26H22F2N6O3/c1-2-29-26(36)32-25-30-19-9-8-15(13-21(19)31-25)18-11-14(7-10-22(18)37-24(27)28)12-20-16-5-3-4-6-17(16)23(35)34-33-20/h3-11,13,24H,2,12H2,1H3,(H,34,35)(H3,29,30,31,32,36). The molecule has 9 nitrogen and oxygen atoms in total. The van der Waals surface area contributed by atoms with Gasteiger partial charge in [0.25, 0.3) is 5.56 Å². The maximum atomic E-state index is 13.2. The lowest BCUT2D eigenvalue weighted by atomic mass is 9.98. The molecule has 0 spiro atoms. The zero-order chi connectivity index (χ0) is 25.9. The fourth-order valence-corrected chi connectivity index (χ4v) is 4.16. The Labute approximate surface area is 208 Å². The number of benzene rings is 3. The molecule has 2 amide bonds. The molecular weight excluding hydrogens is 482 g/mol. The number of hydrogen-bond acceptors (Lipinski definition) is 5. The number of rotatable bonds is 7. The number of urea groups is 1. The number of fused-ring (bicyclic) bond motifs is 2. The van der Waals surface area contributed by atoms with Gasteiger partial charge in [0.15, 0.2) is 0 Å². The summed E-state index contributed by atoms with van der Waals surface area (Å²) < 4.78 is 31.2. The topological polar surface area (TPSA) is 125 Å². The van der Waals surface area contributed by atoms with Crippen LogP contribution < -0.4 is 20.9 Å². The second-order valence-electron chi connectivity index (χ2n) is 8.23. The summed E-state index contributed by atoms with van der Waals surface area (Å²) in [6.07, 6.45) is 0.353. The van der Waals surface area contributed by atoms with Crippen LogP contribution in [0.2, 0.25) is 0 Å². The number of amides is 2. The number of nitrogens with zero attached hydrogens (tertiary/aromatic N) is 2. The van der Waals surface area contributed by atoms with Crippen molar-refractivity contribution in [1.29, 1.82) is 0 Å². The first-order chi connectivity index (χ1) is 17.9. The van der Waals surface area contributed by atoms with Crippen molar-refractivity contribution in [3.8, 4) is 16.9 Å². The van der Waals surface area contributed by atoms with E-state index in [2.05, 4.69) is 30.8 Å². The number of imidazole rings is 1. The molecule has 5 aromatic rings. The second-order valence-corrected chi connectivity index (χ2v) is 8.23. The molecule has 0 fully saturated rings. The number of H-pyrrole nitrogens is 2. The van der Waals surface area contributed by atoms with E-state index in [4.69, 9.17) is 4.74 Å². The Balaban J connectivity index is 1.53. The third-order valence-electron chi connectivity index (χ3n) is 5.77. The monoisotopic (exact) mass is 504 g/mol. The fraction of sp³-hybridized carbons (Fsp3) is 0.154. The Hall–Kier alpha value is -4.80. The number of aromatic nitrogens is 4. The molecule has 11 heteroatoms. The van der Waals surface area contributed by atoms with Crippen molar-refractivity contribution in [1.82, 2.24) is 25.5 Å². The van der Waals surface area contributed by atoms with Crippen LogP contribution in [0.3, 0.4) is 0 Å². The third kappa shape index (κ3) is 5.10. The number of carbonyl (C=O) groups excluding carboxylic acids is 1. The summed E-state index contributed by atoms with van der Waals surface area (Å²) in [4.78, 5) is 31.3. The predicted molar refractivity (Wildman–Crippen MR) is 136 cm³/mol. The van der Waals surface area contributed by atoms with Crippen molar-refractivity contribution in [3.63, 3.8) is 0 Å². The highest BCUT2D eigenvalue weighted by atomic mass is 19.3. The van der Waals surface area contributed by atoms with Gasteiger partial charge in [-0.15, -0.1) is 0 Å². The van der Waals surface area contributed by atoms with Crippen LogP contribution in [0, 0.1) is 0 Å². The van der Waals surface area contributed by atoms with Gasteiger partial charge < -0.3 is 15.0 Å². The van der Waals surface area contributed by atoms with Gasteiger partial charge in [0.05, 0.1) is 22.1 Å². The number of aromatic amines is 2. The Bertz CT molecular complexity index is 1660. The largest absolute Gasteiger partial charge is 0.434 e. The molecule has 0 aliphatic heterocycles. The van der Waals surface area contributed by atoms with Crippen LogP contribution >= 0.6 is 0 Å². The Morgan fingerprint density at radius 3 is 2.68 bits per heavy atom. The maximum Gasteiger partial charge on any atom is 0.387 e. The van der Waals surface area contributed by atoms with Gasteiger partial charge in [0.2, 0.25) is 5.95 Å². The number of nitrogens with one attached hydrogen (secondary N) is 4. The number of carbonyl (C=O) groups is 1. The molecule has 0 radical (unpaired) electrons. The average Bonchev–Trinajstić information content (AvgIpc) is 3.28. The molecule has 188 valence electrons. The van der Waals surface area contributed by atoms with Crippen molar-refractivity contribution in [2.45, 2.75) is 20.0 Å². The quantitative estimate of drug-likeness (QED) is 0.253. The Morgan fingerprint density at radius 2 is 1.89 bits per heavy atom. The van der Waals surface area contributed by atoms with Crippen LogP contribution in [0.25, 0.3) is 32.9 Å². The van der Waals surface area contributed by atoms with Gasteiger partial charge >= 0.3 is 12.6 Å². The van der Waals surface area contributed by atoms with E-state index in [0.29, 0.717) is 51.6 Å². The Kier molecular flexibility index (Phi) is 6.50. The van der Waals surface area contributed by atoms with Gasteiger partial charge in [0, 0.05) is 23.9 Å². The number of halogens is 2. The first-order valence-corrected chi connectivity index (χ1v) is 11.5. The number of alkyl halides is 2. The van der Waals surface area contributed by atoms with Crippen molar-refractivity contribution in [2.75, 3.05) is 11.9 Å². The molecule has 2 aromatic heterocycles. The summed E-state index contributed by atoms with van der Waals surface area (Å²) in [7, 11) is 0. The first-order valence-electron chi connectivity index (χ1n) is 11.5. The molecule has 0 aliphatic carbocycles. The van der Waals surface area contributed by atoms with Gasteiger partial charge in [-0.1, -0.05) is 30.3 Å². The van der Waals surface area contributed by atoms with E-state index in [9.17, 15) is 18.4 Å². The Morgan fingerprint density at radius 1 is 1.08 bits per heavy atom. The highest BCUT2D eigenvalue weighted by Gasteiger charge is 2.16. The zero-order valence-corrected chi connectivity index (χ0v) is 19.6. The van der Waals surface area contributed by atoms with Crippen LogP contribution in [0.1, 0.15) is 18.2 Å². The average molecular weight is 504 g/mol. The van der Waals surface area contributed by atoms with Gasteiger partial charge in [-0.25, -0.2) is 14.9 Å². The highest BCUT2D eigenvalue weighted by Crippen LogP contribution is 2.34. The minimum absolute atomic E-state index is 0.0116. The summed E-state index contributed by atoms with van der Waals surface area (Å²) in [5.74, 6) is 0.268. The summed E-state index contributed by atoms with van der Waals surface area (Å²) in [5.41, 5.74) is 3.39. The van der Waals surface area contributed by atoms with Crippen molar-refractivity contribution in [3.05, 3.63) is 82.3 Å². The molecule has 0 unspecified atom stereocenters. The first kappa shape index (κ1) is 23.9. The predicted octanol–water partition coefficient (Wildman–Crippen LogP) is 4.80. The van der Waals surface area contributed by atoms with E-state index in [1.807, 2.05) is 12.1 Å². The molecule has 2 heterocycles. The van der Waals surface area contributed by atoms with Crippen molar-refractivity contribution >= 4 is 33.8 Å². The molecule has 0 saturated heterocycles. The summed E-state index contributed by atoms with van der Waals surface area (Å²) in [6.45, 7) is -0.741. The lowest BCUT2D eigenvalue weighted by Gasteiger charge is -2.13. The number of hydrogen-bond donors (Lipinski definition) is 4. The van der Waals surface area contributed by atoms with Crippen LogP contribution in [-0.2, 0) is 6.42 Å². The third-order valence-corrected chi connectivity index (χ3v) is 5.77. The summed E-state index contributed by atoms with van der Waals surface area (Å²) in [5, 5.41) is 13.2. The van der Waals surface area contributed by atoms with E-state index < -0.39 is 12.6 Å². The lowest BCUT2D eigenvalue weighted by Crippen LogP contribution is -2.28. The molecule has 4 N–H and O–H groups in total. The minimum atomic E-state index is -3.00. The molecule has 0 aliphatic rings. The second kappa shape index (κ2) is 10.1. The molecule has 0 saturated carbocycles. The molecule has 0 atom stereocenters. The zero-order valence-electron chi connectivity index (χ0n) is 19.6. The van der Waals surface area contributed by atoms with Crippen molar-refractivity contribution < 1.29 is 18.3 Å². The summed E-state index contributed by atoms with van der Waals surface area (Å²) in [6, 6.07) is 16.9. The van der Waals surface area contributed by atoms with Crippen LogP contribution in [0.15, 0.2) is 65.5 Å². The molecule has 37 heavy (non-hydrogen) atoms. The molecule has 0 bridgehead atoms. The smallest absolute Gasteiger partial charge is 0.387 e. The summed E-state index contributed by atoms with van der Waals surface area (Å²) >= 11 is 0. The maximum absolute atomic E-state index is 13.2. The SMILES string of the molecule is CCNC(=O)Nc1nc2ccc(-c3cc(Cc4n[nH]c(=O)c5ccccc45)ccc3OC(F)F)cc2[nH]1. The van der Waals surface area contributed by atoms with Crippen LogP contribution in [-0.4, -0.2) is 39.4 Å². The number of ether oxygens (including phenoxy) is 1. The van der Waals surface area contributed by atoms with E-state index in [1.54, 1.807) is 49.4 Å². The van der Waals surface area contributed by atoms with E-state index >= 15 is 0 Å². The van der Waals surface area contributed by atoms with Gasteiger partial charge in [-0.3, -0.25) is 10.1 Å². The van der Waals surface area contributed by atoms with Crippen molar-refractivity contribution in [2.24, 2.45) is 0 Å². The molecule has 5 rings (SSSR count). The van der Waals surface area contributed by atoms with E-state index in [0.717, 1.165) is 5.56 Å². The van der Waals surface area contributed by atoms with Gasteiger partial charge in [-0.2, -0.15) is 13.9 Å². The van der Waals surface area contributed by atoms with E-state index in [1.165, 1.54) is 6.07 Å². The van der Waals surface area contributed by atoms with Crippen LogP contribution in [0.5, 0.6) is 5.75 Å². The normalized spacial score (nSPS) is 11.2. The van der Waals surface area contributed by atoms with E-state index in [-0.39, 0.29) is 17.3 Å². The molecular formula is C26H22F2N6O3. The van der Waals surface area contributed by atoms with Crippen LogP contribution in [0.4, 0.5) is 19.5 Å². The lowest BCUT2D eigenvalue weighted by molar-refractivity contribution is -0.0494.